The summed E-state index contributed by atoms with van der Waals surface area (Å²) in [7, 11) is 0. The van der Waals surface area contributed by atoms with Crippen molar-refractivity contribution in [3.05, 3.63) is 40.0 Å². The van der Waals surface area contributed by atoms with Crippen molar-refractivity contribution in [3.63, 3.8) is 0 Å². The predicted octanol–water partition coefficient (Wildman–Crippen LogP) is 0.922. The van der Waals surface area contributed by atoms with Gasteiger partial charge in [-0.25, -0.2) is 9.78 Å². The number of rotatable bonds is 7. The van der Waals surface area contributed by atoms with Crippen LogP contribution in [-0.2, 0) is 16.1 Å². The zero-order valence-electron chi connectivity index (χ0n) is 15.5. The quantitative estimate of drug-likeness (QED) is 0.538. The molecular weight excluding hydrogens is 384 g/mol. The second-order valence-electron chi connectivity index (χ2n) is 6.05. The van der Waals surface area contributed by atoms with E-state index in [1.165, 1.54) is 11.3 Å². The number of amides is 2. The summed E-state index contributed by atoms with van der Waals surface area (Å²) in [6.07, 6.45) is 0.790. The molecule has 0 fully saturated rings. The Morgan fingerprint density at radius 1 is 1.39 bits per heavy atom. The molecule has 9 nitrogen and oxygen atoms in total. The van der Waals surface area contributed by atoms with Crippen molar-refractivity contribution in [3.8, 4) is 11.3 Å². The minimum Gasteiger partial charge on any atom is -0.464 e. The molecule has 0 radical (unpaired) electrons. The Morgan fingerprint density at radius 3 is 2.89 bits per heavy atom. The topological polar surface area (TPSA) is 119 Å². The van der Waals surface area contributed by atoms with E-state index in [-0.39, 0.29) is 18.7 Å². The summed E-state index contributed by atoms with van der Waals surface area (Å²) in [6, 6.07) is 3.55. The van der Waals surface area contributed by atoms with Crippen LogP contribution in [0.2, 0.25) is 0 Å². The van der Waals surface area contributed by atoms with Crippen LogP contribution >= 0.6 is 11.3 Å². The SMILES string of the molecule is CCOC(=O)NC(=O)C[NH+](CC)Cc1nc2scc(-c3ccco3)c2c(=O)[nH]1. The van der Waals surface area contributed by atoms with Gasteiger partial charge in [0.05, 0.1) is 24.8 Å². The number of carbonyl (C=O) groups excluding carboxylic acids is 2. The Labute approximate surface area is 164 Å². The first-order valence-corrected chi connectivity index (χ1v) is 9.74. The smallest absolute Gasteiger partial charge is 0.414 e. The fourth-order valence-corrected chi connectivity index (χ4v) is 3.74. The summed E-state index contributed by atoms with van der Waals surface area (Å²) in [5.74, 6) is 0.642. The van der Waals surface area contributed by atoms with Gasteiger partial charge in [0.25, 0.3) is 11.5 Å². The zero-order valence-corrected chi connectivity index (χ0v) is 16.4. The highest BCUT2D eigenvalue weighted by atomic mass is 32.1. The van der Waals surface area contributed by atoms with E-state index in [1.54, 1.807) is 25.3 Å². The number of nitrogens with zero attached hydrogens (tertiary/aromatic N) is 1. The van der Waals surface area contributed by atoms with Gasteiger partial charge in [-0.15, -0.1) is 11.3 Å². The number of hydrogen-bond donors (Lipinski definition) is 3. The van der Waals surface area contributed by atoms with Gasteiger partial charge < -0.3 is 19.0 Å². The lowest BCUT2D eigenvalue weighted by Gasteiger charge is -2.16. The second kappa shape index (κ2) is 8.81. The third-order valence-electron chi connectivity index (χ3n) is 4.12. The molecule has 2 amide bonds. The largest absolute Gasteiger partial charge is 0.464 e. The van der Waals surface area contributed by atoms with Crippen LogP contribution in [0.15, 0.2) is 33.0 Å². The molecule has 10 heteroatoms. The molecule has 0 saturated carbocycles. The number of hydrogen-bond acceptors (Lipinski definition) is 7. The van der Waals surface area contributed by atoms with E-state index in [0.717, 1.165) is 4.90 Å². The van der Waals surface area contributed by atoms with Crippen molar-refractivity contribution in [1.82, 2.24) is 15.3 Å². The zero-order chi connectivity index (χ0) is 20.1. The van der Waals surface area contributed by atoms with Crippen LogP contribution in [0, 0.1) is 0 Å². The summed E-state index contributed by atoms with van der Waals surface area (Å²) < 4.78 is 10.1. The van der Waals surface area contributed by atoms with E-state index in [4.69, 9.17) is 9.15 Å². The van der Waals surface area contributed by atoms with Crippen molar-refractivity contribution in [2.45, 2.75) is 20.4 Å². The molecule has 0 aromatic carbocycles. The van der Waals surface area contributed by atoms with Crippen LogP contribution in [0.1, 0.15) is 19.7 Å². The number of fused-ring (bicyclic) bond motifs is 1. The highest BCUT2D eigenvalue weighted by Crippen LogP contribution is 2.30. The standard InChI is InChI=1S/C18H20N4O5S/c1-3-22(9-14(23)21-18(25)26-4-2)8-13-19-16(24)15-11(10-28-17(15)20-13)12-6-5-7-27-12/h5-7,10H,3-4,8-9H2,1-2H3,(H,19,20,24)(H,21,23,25)/p+1. The van der Waals surface area contributed by atoms with Crippen LogP contribution in [0.25, 0.3) is 21.5 Å². The van der Waals surface area contributed by atoms with Crippen LogP contribution < -0.4 is 15.8 Å². The van der Waals surface area contributed by atoms with Crippen molar-refractivity contribution >= 4 is 33.6 Å². The van der Waals surface area contributed by atoms with Crippen molar-refractivity contribution in [2.75, 3.05) is 19.7 Å². The Hall–Kier alpha value is -2.98. The lowest BCUT2D eigenvalue weighted by atomic mass is 10.2. The molecule has 0 aliphatic carbocycles. The minimum atomic E-state index is -0.764. The first-order valence-electron chi connectivity index (χ1n) is 8.86. The molecule has 3 aromatic heterocycles. The van der Waals surface area contributed by atoms with E-state index < -0.39 is 12.0 Å². The van der Waals surface area contributed by atoms with E-state index in [1.807, 2.05) is 12.3 Å². The monoisotopic (exact) mass is 405 g/mol. The second-order valence-corrected chi connectivity index (χ2v) is 6.90. The molecule has 0 aliphatic rings. The van der Waals surface area contributed by atoms with Gasteiger partial charge in [0.2, 0.25) is 0 Å². The van der Waals surface area contributed by atoms with Crippen LogP contribution in [0.5, 0.6) is 0 Å². The van der Waals surface area contributed by atoms with Crippen molar-refractivity contribution in [1.29, 1.82) is 0 Å². The lowest BCUT2D eigenvalue weighted by molar-refractivity contribution is -0.904. The average Bonchev–Trinajstić information content (AvgIpc) is 3.30. The maximum Gasteiger partial charge on any atom is 0.414 e. The van der Waals surface area contributed by atoms with E-state index >= 15 is 0 Å². The fraction of sp³-hybridized carbons (Fsp3) is 0.333. The molecule has 28 heavy (non-hydrogen) atoms. The number of aromatic nitrogens is 2. The van der Waals surface area contributed by atoms with Crippen molar-refractivity contribution < 1.29 is 23.6 Å². The van der Waals surface area contributed by atoms with Gasteiger partial charge in [-0.2, -0.15) is 0 Å². The van der Waals surface area contributed by atoms with Crippen LogP contribution in [-0.4, -0.2) is 41.7 Å². The average molecular weight is 405 g/mol. The predicted molar refractivity (Wildman–Crippen MR) is 103 cm³/mol. The molecule has 0 aliphatic heterocycles. The number of ether oxygens (including phenoxy) is 1. The van der Waals surface area contributed by atoms with Gasteiger partial charge in [0, 0.05) is 10.9 Å². The summed E-state index contributed by atoms with van der Waals surface area (Å²) in [4.78, 5) is 44.7. The van der Waals surface area contributed by atoms with Crippen molar-refractivity contribution in [2.24, 2.45) is 0 Å². The molecular formula is C18H21N4O5S+. The minimum absolute atomic E-state index is 0.0547. The lowest BCUT2D eigenvalue weighted by Crippen LogP contribution is -3.11. The van der Waals surface area contributed by atoms with Crippen LogP contribution in [0.3, 0.4) is 0 Å². The molecule has 3 aromatic rings. The van der Waals surface area contributed by atoms with E-state index in [9.17, 15) is 14.4 Å². The number of imide groups is 1. The first kappa shape index (κ1) is 19.8. The number of furan rings is 1. The number of aromatic amines is 1. The van der Waals surface area contributed by atoms with Gasteiger partial charge in [-0.3, -0.25) is 14.9 Å². The molecule has 1 atom stereocenters. The summed E-state index contributed by atoms with van der Waals surface area (Å²) >= 11 is 1.36. The number of quaternary nitrogens is 1. The number of alkyl carbamates (subject to hydrolysis) is 1. The highest BCUT2D eigenvalue weighted by molar-refractivity contribution is 7.17. The third kappa shape index (κ3) is 4.46. The number of thiophene rings is 1. The molecule has 0 spiro atoms. The van der Waals surface area contributed by atoms with E-state index in [0.29, 0.717) is 40.5 Å². The van der Waals surface area contributed by atoms with Gasteiger partial charge in [-0.1, -0.05) is 0 Å². The number of likely N-dealkylation sites (N-methyl/N-ethyl adjacent to an activating group) is 1. The fourth-order valence-electron chi connectivity index (χ4n) is 2.79. The number of nitrogens with one attached hydrogen (secondary N) is 3. The first-order chi connectivity index (χ1) is 13.5. The van der Waals surface area contributed by atoms with Gasteiger partial charge in [-0.05, 0) is 26.0 Å². The van der Waals surface area contributed by atoms with Gasteiger partial charge >= 0.3 is 6.09 Å². The summed E-state index contributed by atoms with van der Waals surface area (Å²) in [5.41, 5.74) is 0.456. The maximum atomic E-state index is 12.6. The molecule has 1 unspecified atom stereocenters. The third-order valence-corrected chi connectivity index (χ3v) is 5.00. The van der Waals surface area contributed by atoms with E-state index in [2.05, 4.69) is 15.3 Å². The molecule has 148 valence electrons. The van der Waals surface area contributed by atoms with Gasteiger partial charge in [0.15, 0.2) is 12.4 Å². The molecule has 0 saturated heterocycles. The Bertz CT molecular complexity index is 1020. The summed E-state index contributed by atoms with van der Waals surface area (Å²) in [6.45, 7) is 4.76. The van der Waals surface area contributed by atoms with Gasteiger partial charge in [0.1, 0.15) is 17.1 Å². The Balaban J connectivity index is 1.75. The molecule has 0 bridgehead atoms. The Kier molecular flexibility index (Phi) is 6.22. The molecule has 3 rings (SSSR count). The maximum absolute atomic E-state index is 12.6. The molecule has 3 N–H and O–H groups in total. The van der Waals surface area contributed by atoms with Crippen LogP contribution in [0.4, 0.5) is 4.79 Å². The Morgan fingerprint density at radius 2 is 2.21 bits per heavy atom. The highest BCUT2D eigenvalue weighted by Gasteiger charge is 2.19. The number of carbonyl (C=O) groups is 2. The number of H-pyrrole nitrogens is 1. The normalized spacial score (nSPS) is 12.1. The summed E-state index contributed by atoms with van der Waals surface area (Å²) in [5, 5.41) is 4.50. The molecule has 3 heterocycles.